The van der Waals surface area contributed by atoms with Gasteiger partial charge in [0.05, 0.1) is 10.4 Å². The van der Waals surface area contributed by atoms with Crippen LogP contribution in [0.15, 0.2) is 66.0 Å². The molecular weight excluding hydrogens is 433 g/mol. The Morgan fingerprint density at radius 1 is 1.03 bits per heavy atom. The summed E-state index contributed by atoms with van der Waals surface area (Å²) in [5.74, 6) is 0.0186. The minimum Gasteiger partial charge on any atom is -0.305 e. The Labute approximate surface area is 190 Å². The summed E-state index contributed by atoms with van der Waals surface area (Å²) in [7, 11) is 0. The van der Waals surface area contributed by atoms with Crippen molar-refractivity contribution in [2.24, 2.45) is 0 Å². The van der Waals surface area contributed by atoms with E-state index >= 15 is 0 Å². The predicted molar refractivity (Wildman–Crippen MR) is 122 cm³/mol. The number of carbonyl (C=O) groups is 1. The number of nitrogens with zero attached hydrogens (tertiary/aromatic N) is 2. The second-order valence-electron chi connectivity index (χ2n) is 8.19. The quantitative estimate of drug-likeness (QED) is 0.443. The van der Waals surface area contributed by atoms with Crippen molar-refractivity contribution < 1.29 is 18.0 Å². The van der Waals surface area contributed by atoms with Crippen LogP contribution < -0.4 is 4.90 Å². The number of aryl methyl sites for hydroxylation is 1. The molecule has 4 rings (SSSR count). The highest BCUT2D eigenvalue weighted by molar-refractivity contribution is 7.12. The second kappa shape index (κ2) is 9.46. The first-order chi connectivity index (χ1) is 15.3. The number of piperidine rings is 1. The molecule has 2 aromatic carbocycles. The highest BCUT2D eigenvalue weighted by atomic mass is 32.1. The number of alkyl halides is 3. The molecule has 1 fully saturated rings. The Hall–Kier alpha value is -2.64. The van der Waals surface area contributed by atoms with Gasteiger partial charge in [0.25, 0.3) is 5.91 Å². The highest BCUT2D eigenvalue weighted by Crippen LogP contribution is 2.30. The summed E-state index contributed by atoms with van der Waals surface area (Å²) in [6, 6.07) is 17.2. The van der Waals surface area contributed by atoms with Gasteiger partial charge in [0, 0.05) is 31.4 Å². The molecule has 3 aromatic rings. The molecule has 0 saturated carbocycles. The highest BCUT2D eigenvalue weighted by Gasteiger charge is 2.31. The van der Waals surface area contributed by atoms with Crippen LogP contribution in [0.5, 0.6) is 0 Å². The maximum Gasteiger partial charge on any atom is 0.416 e. The molecule has 7 heteroatoms. The van der Waals surface area contributed by atoms with Crippen molar-refractivity contribution >= 4 is 22.9 Å². The van der Waals surface area contributed by atoms with Gasteiger partial charge in [-0.25, -0.2) is 0 Å². The Balaban J connectivity index is 1.44. The van der Waals surface area contributed by atoms with Crippen LogP contribution in [-0.4, -0.2) is 29.9 Å². The van der Waals surface area contributed by atoms with Gasteiger partial charge in [-0.1, -0.05) is 35.9 Å². The summed E-state index contributed by atoms with van der Waals surface area (Å²) in [6.45, 7) is 4.20. The molecule has 1 saturated heterocycles. The molecule has 3 nitrogen and oxygen atoms in total. The Bertz CT molecular complexity index is 1020. The van der Waals surface area contributed by atoms with Gasteiger partial charge in [-0.15, -0.1) is 11.3 Å². The number of hydrogen-bond acceptors (Lipinski definition) is 3. The monoisotopic (exact) mass is 458 g/mol. The fourth-order valence-electron chi connectivity index (χ4n) is 4.11. The van der Waals surface area contributed by atoms with Gasteiger partial charge < -0.3 is 4.90 Å². The number of thiophene rings is 1. The lowest BCUT2D eigenvalue weighted by molar-refractivity contribution is -0.137. The van der Waals surface area contributed by atoms with Crippen LogP contribution in [0.4, 0.5) is 18.9 Å². The summed E-state index contributed by atoms with van der Waals surface area (Å²) < 4.78 is 38.4. The van der Waals surface area contributed by atoms with Gasteiger partial charge in [0.1, 0.15) is 0 Å². The molecule has 0 unspecified atom stereocenters. The smallest absolute Gasteiger partial charge is 0.305 e. The Morgan fingerprint density at radius 2 is 1.69 bits per heavy atom. The molecule has 0 bridgehead atoms. The number of likely N-dealkylation sites (tertiary alicyclic amines) is 1. The zero-order valence-electron chi connectivity index (χ0n) is 17.8. The summed E-state index contributed by atoms with van der Waals surface area (Å²) >= 11 is 1.44. The SMILES string of the molecule is Cc1ccc(N(C(=O)c2cccs2)C2CCN(Cc3ccc(C(F)(F)F)cc3)CC2)cc1. The van der Waals surface area contributed by atoms with Crippen LogP contribution in [0, 0.1) is 6.92 Å². The van der Waals surface area contributed by atoms with Crippen LogP contribution >= 0.6 is 11.3 Å². The average Bonchev–Trinajstić information content (AvgIpc) is 3.31. The third-order valence-corrected chi connectivity index (χ3v) is 6.73. The largest absolute Gasteiger partial charge is 0.416 e. The van der Waals surface area contributed by atoms with Crippen LogP contribution in [-0.2, 0) is 12.7 Å². The molecule has 0 aliphatic carbocycles. The van der Waals surface area contributed by atoms with Crippen molar-refractivity contribution in [1.82, 2.24) is 4.90 Å². The van der Waals surface area contributed by atoms with E-state index < -0.39 is 11.7 Å². The van der Waals surface area contributed by atoms with Gasteiger partial charge in [0.15, 0.2) is 0 Å². The van der Waals surface area contributed by atoms with Crippen LogP contribution in [0.25, 0.3) is 0 Å². The zero-order valence-corrected chi connectivity index (χ0v) is 18.6. The lowest BCUT2D eigenvalue weighted by atomic mass is 10.0. The maximum absolute atomic E-state index is 13.3. The molecule has 0 atom stereocenters. The summed E-state index contributed by atoms with van der Waals surface area (Å²) in [5, 5.41) is 1.91. The zero-order chi connectivity index (χ0) is 22.7. The van der Waals surface area contributed by atoms with Gasteiger partial charge >= 0.3 is 6.18 Å². The molecule has 1 aliphatic rings. The molecule has 32 heavy (non-hydrogen) atoms. The third-order valence-electron chi connectivity index (χ3n) is 5.87. The van der Waals surface area contributed by atoms with Gasteiger partial charge in [-0.05, 0) is 61.0 Å². The standard InChI is InChI=1S/C25H25F3N2OS/c1-18-4-10-21(11-5-18)30(24(31)23-3-2-16-32-23)22-12-14-29(15-13-22)17-19-6-8-20(9-7-19)25(26,27)28/h2-11,16,22H,12-15,17H2,1H3. The van der Waals surface area contributed by atoms with Gasteiger partial charge in [-0.2, -0.15) is 13.2 Å². The number of halogens is 3. The lowest BCUT2D eigenvalue weighted by Gasteiger charge is -2.38. The van der Waals surface area contributed by atoms with E-state index in [1.54, 1.807) is 12.1 Å². The third kappa shape index (κ3) is 5.22. The average molecular weight is 459 g/mol. The fourth-order valence-corrected chi connectivity index (χ4v) is 4.77. The molecule has 1 aliphatic heterocycles. The normalized spacial score (nSPS) is 15.6. The van der Waals surface area contributed by atoms with E-state index in [0.29, 0.717) is 6.54 Å². The van der Waals surface area contributed by atoms with E-state index in [4.69, 9.17) is 0 Å². The van der Waals surface area contributed by atoms with Crippen molar-refractivity contribution in [2.75, 3.05) is 18.0 Å². The van der Waals surface area contributed by atoms with E-state index in [-0.39, 0.29) is 11.9 Å². The molecular formula is C25H25F3N2OS. The van der Waals surface area contributed by atoms with E-state index in [1.165, 1.54) is 11.3 Å². The first-order valence-electron chi connectivity index (χ1n) is 10.6. The van der Waals surface area contributed by atoms with Crippen molar-refractivity contribution in [1.29, 1.82) is 0 Å². The summed E-state index contributed by atoms with van der Waals surface area (Å²) in [4.78, 5) is 18.2. The fraction of sp³-hybridized carbons (Fsp3) is 0.320. The Kier molecular flexibility index (Phi) is 6.67. The van der Waals surface area contributed by atoms with Crippen LogP contribution in [0.2, 0.25) is 0 Å². The molecule has 168 valence electrons. The number of hydrogen-bond donors (Lipinski definition) is 0. The second-order valence-corrected chi connectivity index (χ2v) is 9.14. The number of amides is 1. The Morgan fingerprint density at radius 3 is 2.25 bits per heavy atom. The maximum atomic E-state index is 13.3. The number of anilines is 1. The minimum absolute atomic E-state index is 0.0186. The molecule has 0 N–H and O–H groups in total. The lowest BCUT2D eigenvalue weighted by Crippen LogP contribution is -2.47. The first-order valence-corrected chi connectivity index (χ1v) is 11.5. The number of rotatable bonds is 5. The van der Waals surface area contributed by atoms with Crippen molar-refractivity contribution in [3.63, 3.8) is 0 Å². The molecule has 2 heterocycles. The topological polar surface area (TPSA) is 23.6 Å². The van der Waals surface area contributed by atoms with Gasteiger partial charge in [0.2, 0.25) is 0 Å². The number of carbonyl (C=O) groups excluding carboxylic acids is 1. The molecule has 1 aromatic heterocycles. The van der Waals surface area contributed by atoms with Crippen molar-refractivity contribution in [3.05, 3.63) is 87.6 Å². The van der Waals surface area contributed by atoms with E-state index in [0.717, 1.165) is 59.8 Å². The van der Waals surface area contributed by atoms with Gasteiger partial charge in [-0.3, -0.25) is 9.69 Å². The molecule has 0 spiro atoms. The van der Waals surface area contributed by atoms with Crippen molar-refractivity contribution in [3.8, 4) is 0 Å². The molecule has 1 amide bonds. The van der Waals surface area contributed by atoms with Crippen molar-refractivity contribution in [2.45, 2.75) is 38.5 Å². The summed E-state index contributed by atoms with van der Waals surface area (Å²) in [6.07, 6.45) is -2.69. The number of benzene rings is 2. The first kappa shape index (κ1) is 22.6. The van der Waals surface area contributed by atoms with Crippen LogP contribution in [0.3, 0.4) is 0 Å². The summed E-state index contributed by atoms with van der Waals surface area (Å²) in [5.41, 5.74) is 2.28. The van der Waals surface area contributed by atoms with E-state index in [1.807, 2.05) is 53.6 Å². The molecule has 0 radical (unpaired) electrons. The predicted octanol–water partition coefficient (Wildman–Crippen LogP) is 6.39. The van der Waals surface area contributed by atoms with E-state index in [2.05, 4.69) is 4.90 Å². The van der Waals surface area contributed by atoms with E-state index in [9.17, 15) is 18.0 Å². The van der Waals surface area contributed by atoms with Crippen LogP contribution in [0.1, 0.15) is 39.2 Å². The minimum atomic E-state index is -4.31.